The van der Waals surface area contributed by atoms with Gasteiger partial charge in [0.15, 0.2) is 0 Å². The van der Waals surface area contributed by atoms with Crippen LogP contribution < -0.4 is 14.4 Å². The average Bonchev–Trinajstić information content (AvgIpc) is 3.21. The molecule has 0 bridgehead atoms. The first-order valence-corrected chi connectivity index (χ1v) is 10.9. The van der Waals surface area contributed by atoms with Crippen molar-refractivity contribution in [1.29, 1.82) is 0 Å². The largest absolute Gasteiger partial charge is 0.465 e. The lowest BCUT2D eigenvalue weighted by Crippen LogP contribution is -2.24. The zero-order valence-electron chi connectivity index (χ0n) is 16.9. The van der Waals surface area contributed by atoms with Crippen LogP contribution in [0.1, 0.15) is 5.69 Å². The van der Waals surface area contributed by atoms with Crippen LogP contribution in [-0.2, 0) is 16.7 Å². The highest BCUT2D eigenvalue weighted by Gasteiger charge is 2.18. The van der Waals surface area contributed by atoms with Crippen LogP contribution in [-0.4, -0.2) is 41.6 Å². The highest BCUT2D eigenvalue weighted by atomic mass is 32.2. The molecule has 4 rings (SSSR count). The normalized spacial score (nSPS) is 11.3. The lowest BCUT2D eigenvalue weighted by Gasteiger charge is -2.09. The van der Waals surface area contributed by atoms with Gasteiger partial charge in [-0.25, -0.2) is 9.78 Å². The van der Waals surface area contributed by atoms with E-state index in [1.54, 1.807) is 24.4 Å². The van der Waals surface area contributed by atoms with Gasteiger partial charge >= 0.3 is 16.2 Å². The van der Waals surface area contributed by atoms with E-state index in [0.29, 0.717) is 17.6 Å². The van der Waals surface area contributed by atoms with Crippen molar-refractivity contribution in [3.63, 3.8) is 0 Å². The molecule has 0 fully saturated rings. The fourth-order valence-electron chi connectivity index (χ4n) is 2.88. The van der Waals surface area contributed by atoms with E-state index in [2.05, 4.69) is 20.3 Å². The molecule has 0 aliphatic heterocycles. The summed E-state index contributed by atoms with van der Waals surface area (Å²) >= 11 is 0. The SMILES string of the molecule is CN(C(=O)O)c1nc2cc(OS(=O)(=O)c3ccc(NCc4ccccn4)cc3)ccc2[nH]1. The number of imidazole rings is 1. The minimum atomic E-state index is -4.07. The summed E-state index contributed by atoms with van der Waals surface area (Å²) in [5.41, 5.74) is 2.51. The van der Waals surface area contributed by atoms with Crippen LogP contribution in [0.3, 0.4) is 0 Å². The fourth-order valence-corrected chi connectivity index (χ4v) is 3.81. The Bertz CT molecular complexity index is 1350. The number of pyridine rings is 1. The maximum Gasteiger partial charge on any atom is 0.413 e. The summed E-state index contributed by atoms with van der Waals surface area (Å²) in [5, 5.41) is 12.2. The van der Waals surface area contributed by atoms with Crippen LogP contribution in [0.5, 0.6) is 5.75 Å². The van der Waals surface area contributed by atoms with Gasteiger partial charge in [0.05, 0.1) is 23.3 Å². The highest BCUT2D eigenvalue weighted by molar-refractivity contribution is 7.87. The molecule has 0 unspecified atom stereocenters. The standard InChI is InChI=1S/C21H19N5O5S/c1-26(21(27)28)20-24-18-10-7-16(12-19(18)25-20)31-32(29,30)17-8-5-14(6-9-17)23-13-15-4-2-3-11-22-15/h2-12,23H,13H2,1H3,(H,24,25)(H,27,28). The molecule has 32 heavy (non-hydrogen) atoms. The number of nitrogens with zero attached hydrogens (tertiary/aromatic N) is 3. The van der Waals surface area contributed by atoms with E-state index >= 15 is 0 Å². The molecule has 0 aliphatic rings. The topological polar surface area (TPSA) is 138 Å². The minimum absolute atomic E-state index is 0.00527. The van der Waals surface area contributed by atoms with Gasteiger partial charge < -0.3 is 19.6 Å². The molecule has 2 aromatic heterocycles. The monoisotopic (exact) mass is 453 g/mol. The Morgan fingerprint density at radius 3 is 2.62 bits per heavy atom. The first-order chi connectivity index (χ1) is 15.3. The summed E-state index contributed by atoms with van der Waals surface area (Å²) in [6.45, 7) is 0.506. The number of aromatic nitrogens is 3. The molecule has 0 saturated heterocycles. The van der Waals surface area contributed by atoms with Crippen LogP contribution in [0.15, 0.2) is 71.8 Å². The van der Waals surface area contributed by atoms with Crippen LogP contribution in [0, 0.1) is 0 Å². The first-order valence-electron chi connectivity index (χ1n) is 9.46. The molecule has 1 amide bonds. The molecule has 0 spiro atoms. The van der Waals surface area contributed by atoms with Gasteiger partial charge in [-0.05, 0) is 48.5 Å². The maximum atomic E-state index is 12.7. The number of rotatable bonds is 7. The number of carboxylic acid groups (broad SMARTS) is 1. The molecule has 2 aromatic carbocycles. The van der Waals surface area contributed by atoms with E-state index < -0.39 is 16.2 Å². The summed E-state index contributed by atoms with van der Waals surface area (Å²) in [6.07, 6.45) is 0.524. The Balaban J connectivity index is 1.47. The summed E-state index contributed by atoms with van der Waals surface area (Å²) in [4.78, 5) is 23.2. The van der Waals surface area contributed by atoms with Crippen molar-refractivity contribution >= 4 is 38.9 Å². The maximum absolute atomic E-state index is 12.7. The summed E-state index contributed by atoms with van der Waals surface area (Å²) in [7, 11) is -2.73. The predicted molar refractivity (Wildman–Crippen MR) is 118 cm³/mol. The van der Waals surface area contributed by atoms with Crippen molar-refractivity contribution in [3.05, 3.63) is 72.6 Å². The number of fused-ring (bicyclic) bond motifs is 1. The van der Waals surface area contributed by atoms with E-state index in [4.69, 9.17) is 9.29 Å². The van der Waals surface area contributed by atoms with Gasteiger partial charge in [-0.3, -0.25) is 9.88 Å². The third-order valence-corrected chi connectivity index (χ3v) is 5.86. The lowest BCUT2D eigenvalue weighted by atomic mass is 10.3. The summed E-state index contributed by atoms with van der Waals surface area (Å²) in [5.74, 6) is 0.173. The number of carbonyl (C=O) groups is 1. The molecule has 3 N–H and O–H groups in total. The Kier molecular flexibility index (Phi) is 5.65. The number of amides is 1. The van der Waals surface area contributed by atoms with E-state index in [-0.39, 0.29) is 16.6 Å². The second kappa shape index (κ2) is 8.55. The second-order valence-electron chi connectivity index (χ2n) is 6.82. The molecule has 0 saturated carbocycles. The average molecular weight is 453 g/mol. The molecule has 164 valence electrons. The van der Waals surface area contributed by atoms with Gasteiger partial charge in [0, 0.05) is 25.0 Å². The number of hydrogen-bond donors (Lipinski definition) is 3. The fraction of sp³-hybridized carbons (Fsp3) is 0.0952. The molecule has 10 nitrogen and oxygen atoms in total. The summed E-state index contributed by atoms with van der Waals surface area (Å²) in [6, 6.07) is 16.2. The molecular formula is C21H19N5O5S. The van der Waals surface area contributed by atoms with Gasteiger partial charge in [0.25, 0.3) is 0 Å². The van der Waals surface area contributed by atoms with Crippen LogP contribution in [0.4, 0.5) is 16.4 Å². The molecular weight excluding hydrogens is 434 g/mol. The number of anilines is 2. The van der Waals surface area contributed by atoms with Crippen molar-refractivity contribution < 1.29 is 22.5 Å². The molecule has 4 aromatic rings. The number of nitrogens with one attached hydrogen (secondary N) is 2. The van der Waals surface area contributed by atoms with E-state index in [0.717, 1.165) is 16.3 Å². The predicted octanol–water partition coefficient (Wildman–Crippen LogP) is 3.45. The second-order valence-corrected chi connectivity index (χ2v) is 8.36. The van der Waals surface area contributed by atoms with E-state index in [1.165, 1.54) is 31.3 Å². The number of benzene rings is 2. The van der Waals surface area contributed by atoms with E-state index in [9.17, 15) is 13.2 Å². The van der Waals surface area contributed by atoms with Crippen LogP contribution in [0.2, 0.25) is 0 Å². The molecule has 2 heterocycles. The molecule has 0 atom stereocenters. The Morgan fingerprint density at radius 2 is 1.94 bits per heavy atom. The van der Waals surface area contributed by atoms with Crippen molar-refractivity contribution in [2.45, 2.75) is 11.4 Å². The third kappa shape index (κ3) is 4.62. The van der Waals surface area contributed by atoms with Crippen molar-refractivity contribution in [2.75, 3.05) is 17.3 Å². The van der Waals surface area contributed by atoms with Gasteiger partial charge in [-0.1, -0.05) is 6.07 Å². The Hall–Kier alpha value is -4.12. The minimum Gasteiger partial charge on any atom is -0.465 e. The van der Waals surface area contributed by atoms with Crippen LogP contribution in [0.25, 0.3) is 11.0 Å². The smallest absolute Gasteiger partial charge is 0.413 e. The van der Waals surface area contributed by atoms with Crippen LogP contribution >= 0.6 is 0 Å². The molecule has 0 aliphatic carbocycles. The number of H-pyrrole nitrogens is 1. The first kappa shape index (κ1) is 21.1. The Labute approximate surface area is 183 Å². The van der Waals surface area contributed by atoms with E-state index in [1.807, 2.05) is 18.2 Å². The quantitative estimate of drug-likeness (QED) is 0.362. The van der Waals surface area contributed by atoms with Crippen molar-refractivity contribution in [3.8, 4) is 5.75 Å². The lowest BCUT2D eigenvalue weighted by molar-refractivity contribution is 0.203. The van der Waals surface area contributed by atoms with Gasteiger partial charge in [-0.2, -0.15) is 8.42 Å². The van der Waals surface area contributed by atoms with Gasteiger partial charge in [-0.15, -0.1) is 0 Å². The summed E-state index contributed by atoms with van der Waals surface area (Å²) < 4.78 is 30.6. The molecule has 0 radical (unpaired) electrons. The highest BCUT2D eigenvalue weighted by Crippen LogP contribution is 2.25. The Morgan fingerprint density at radius 1 is 1.16 bits per heavy atom. The molecule has 11 heteroatoms. The zero-order valence-corrected chi connectivity index (χ0v) is 17.7. The zero-order chi connectivity index (χ0) is 22.7. The van der Waals surface area contributed by atoms with Gasteiger partial charge in [0.2, 0.25) is 5.95 Å². The van der Waals surface area contributed by atoms with Gasteiger partial charge in [0.1, 0.15) is 10.6 Å². The van der Waals surface area contributed by atoms with Crippen molar-refractivity contribution in [1.82, 2.24) is 15.0 Å². The van der Waals surface area contributed by atoms with Crippen molar-refractivity contribution in [2.24, 2.45) is 0 Å². The number of hydrogen-bond acceptors (Lipinski definition) is 7. The number of aromatic amines is 1. The third-order valence-electron chi connectivity index (χ3n) is 4.60.